The van der Waals surface area contributed by atoms with Gasteiger partial charge in [0.15, 0.2) is 5.89 Å². The number of nitrogens with zero attached hydrogens (tertiary/aromatic N) is 1. The van der Waals surface area contributed by atoms with Crippen molar-refractivity contribution in [3.8, 4) is 0 Å². The molecule has 0 saturated carbocycles. The molecule has 2 nitrogen and oxygen atoms in total. The Labute approximate surface area is 104 Å². The third-order valence-corrected chi connectivity index (χ3v) is 3.28. The number of thioether (sulfide) groups is 1. The molecule has 2 rings (SSSR count). The number of rotatable bonds is 3. The number of aryl methyl sites for hydroxylation is 1. The first-order valence-electron chi connectivity index (χ1n) is 4.94. The summed E-state index contributed by atoms with van der Waals surface area (Å²) in [5, 5.41) is 1.71. The van der Waals surface area contributed by atoms with Gasteiger partial charge in [-0.3, -0.25) is 0 Å². The molecule has 0 N–H and O–H groups in total. The van der Waals surface area contributed by atoms with E-state index in [1.165, 1.54) is 0 Å². The van der Waals surface area contributed by atoms with Gasteiger partial charge in [-0.25, -0.2) is 4.98 Å². The van der Waals surface area contributed by atoms with E-state index in [-0.39, 0.29) is 0 Å². The largest absolute Gasteiger partial charge is 0.444 e. The number of hydrogen-bond donors (Lipinski definition) is 0. The van der Waals surface area contributed by atoms with Crippen LogP contribution in [-0.4, -0.2) is 11.2 Å². The molecule has 0 fully saturated rings. The molecular formula is C12H12ClNOS. The van der Waals surface area contributed by atoms with E-state index in [4.69, 9.17) is 16.0 Å². The van der Waals surface area contributed by atoms with Crippen LogP contribution in [0.15, 0.2) is 33.7 Å². The molecule has 16 heavy (non-hydrogen) atoms. The monoisotopic (exact) mass is 253 g/mol. The number of halogens is 1. The van der Waals surface area contributed by atoms with Crippen LogP contribution in [-0.2, 0) is 6.42 Å². The maximum Gasteiger partial charge on any atom is 0.199 e. The van der Waals surface area contributed by atoms with Crippen molar-refractivity contribution in [2.45, 2.75) is 18.4 Å². The van der Waals surface area contributed by atoms with Gasteiger partial charge in [-0.05, 0) is 30.9 Å². The van der Waals surface area contributed by atoms with Crippen molar-refractivity contribution in [2.75, 3.05) is 6.26 Å². The minimum atomic E-state index is 0.707. The van der Waals surface area contributed by atoms with Crippen molar-refractivity contribution in [3.05, 3.63) is 46.5 Å². The molecule has 0 atom stereocenters. The Bertz CT molecular complexity index is 478. The minimum Gasteiger partial charge on any atom is -0.444 e. The Morgan fingerprint density at radius 2 is 2.00 bits per heavy atom. The number of hydrogen-bond acceptors (Lipinski definition) is 3. The predicted octanol–water partition coefficient (Wildman–Crippen LogP) is 3.95. The summed E-state index contributed by atoms with van der Waals surface area (Å²) in [6.07, 6.45) is 2.70. The standard InChI is InChI=1S/C12H12ClNOS/c1-8-12(16-2)14-11(15-8)7-9-3-5-10(13)6-4-9/h3-6H,7H2,1-2H3. The lowest BCUT2D eigenvalue weighted by Gasteiger charge is -1.96. The Morgan fingerprint density at radius 1 is 1.31 bits per heavy atom. The van der Waals surface area contributed by atoms with Gasteiger partial charge in [-0.2, -0.15) is 0 Å². The zero-order valence-electron chi connectivity index (χ0n) is 9.16. The Kier molecular flexibility index (Phi) is 3.56. The zero-order valence-corrected chi connectivity index (χ0v) is 10.7. The van der Waals surface area contributed by atoms with Crippen molar-refractivity contribution >= 4 is 23.4 Å². The number of benzene rings is 1. The van der Waals surface area contributed by atoms with E-state index < -0.39 is 0 Å². The van der Waals surface area contributed by atoms with E-state index in [0.717, 1.165) is 27.3 Å². The van der Waals surface area contributed by atoms with E-state index in [9.17, 15) is 0 Å². The topological polar surface area (TPSA) is 26.0 Å². The van der Waals surface area contributed by atoms with Crippen molar-refractivity contribution in [1.82, 2.24) is 4.98 Å². The van der Waals surface area contributed by atoms with Gasteiger partial charge < -0.3 is 4.42 Å². The molecule has 0 saturated heterocycles. The molecule has 0 radical (unpaired) electrons. The fourth-order valence-electron chi connectivity index (χ4n) is 1.48. The summed E-state index contributed by atoms with van der Waals surface area (Å²) in [6, 6.07) is 7.73. The van der Waals surface area contributed by atoms with E-state index in [1.54, 1.807) is 11.8 Å². The van der Waals surface area contributed by atoms with Crippen LogP contribution in [0.3, 0.4) is 0 Å². The van der Waals surface area contributed by atoms with Gasteiger partial charge in [-0.15, -0.1) is 11.8 Å². The van der Waals surface area contributed by atoms with Crippen LogP contribution < -0.4 is 0 Å². The van der Waals surface area contributed by atoms with Gasteiger partial charge in [0.2, 0.25) is 0 Å². The van der Waals surface area contributed by atoms with E-state index in [1.807, 2.05) is 37.4 Å². The van der Waals surface area contributed by atoms with Crippen LogP contribution in [0.5, 0.6) is 0 Å². The average molecular weight is 254 g/mol. The van der Waals surface area contributed by atoms with Gasteiger partial charge in [0, 0.05) is 11.4 Å². The lowest BCUT2D eigenvalue weighted by Crippen LogP contribution is -1.87. The Hall–Kier alpha value is -0.930. The highest BCUT2D eigenvalue weighted by Gasteiger charge is 2.08. The second-order valence-corrected chi connectivity index (χ2v) is 4.71. The summed E-state index contributed by atoms with van der Waals surface area (Å²) >= 11 is 7.43. The van der Waals surface area contributed by atoms with Gasteiger partial charge in [-0.1, -0.05) is 23.7 Å². The van der Waals surface area contributed by atoms with Crippen LogP contribution in [0, 0.1) is 6.92 Å². The van der Waals surface area contributed by atoms with Crippen molar-refractivity contribution in [1.29, 1.82) is 0 Å². The normalized spacial score (nSPS) is 10.7. The molecule has 0 aliphatic rings. The third kappa shape index (κ3) is 2.60. The molecule has 0 amide bonds. The molecule has 0 bridgehead atoms. The first-order valence-corrected chi connectivity index (χ1v) is 6.54. The molecule has 1 aromatic heterocycles. The number of aromatic nitrogens is 1. The molecule has 0 spiro atoms. The second-order valence-electron chi connectivity index (χ2n) is 3.48. The first-order chi connectivity index (χ1) is 7.69. The van der Waals surface area contributed by atoms with Gasteiger partial charge in [0.1, 0.15) is 10.8 Å². The van der Waals surface area contributed by atoms with E-state index in [2.05, 4.69) is 4.98 Å². The molecular weight excluding hydrogens is 242 g/mol. The Balaban J connectivity index is 2.17. The van der Waals surface area contributed by atoms with Crippen LogP contribution >= 0.6 is 23.4 Å². The highest BCUT2D eigenvalue weighted by atomic mass is 35.5. The average Bonchev–Trinajstić information content (AvgIpc) is 2.62. The highest BCUT2D eigenvalue weighted by Crippen LogP contribution is 2.21. The third-order valence-electron chi connectivity index (χ3n) is 2.26. The lowest BCUT2D eigenvalue weighted by molar-refractivity contribution is 0.479. The van der Waals surface area contributed by atoms with E-state index in [0.29, 0.717) is 6.42 Å². The highest BCUT2D eigenvalue weighted by molar-refractivity contribution is 7.98. The maximum atomic E-state index is 5.82. The van der Waals surface area contributed by atoms with Gasteiger partial charge in [0.05, 0.1) is 0 Å². The lowest BCUT2D eigenvalue weighted by atomic mass is 10.1. The summed E-state index contributed by atoms with van der Waals surface area (Å²) in [5.41, 5.74) is 1.15. The second kappa shape index (κ2) is 4.93. The quantitative estimate of drug-likeness (QED) is 0.775. The van der Waals surface area contributed by atoms with Crippen LogP contribution in [0.2, 0.25) is 5.02 Å². The van der Waals surface area contributed by atoms with Crippen molar-refractivity contribution < 1.29 is 4.42 Å². The fraction of sp³-hybridized carbons (Fsp3) is 0.250. The molecule has 1 aromatic carbocycles. The molecule has 2 aromatic rings. The first kappa shape index (κ1) is 11.6. The summed E-state index contributed by atoms with van der Waals surface area (Å²) in [4.78, 5) is 4.41. The van der Waals surface area contributed by atoms with Crippen LogP contribution in [0.1, 0.15) is 17.2 Å². The summed E-state index contributed by atoms with van der Waals surface area (Å²) in [6.45, 7) is 1.93. The van der Waals surface area contributed by atoms with Gasteiger partial charge in [0.25, 0.3) is 0 Å². The summed E-state index contributed by atoms with van der Waals surface area (Å²) in [7, 11) is 0. The van der Waals surface area contributed by atoms with Crippen molar-refractivity contribution in [3.63, 3.8) is 0 Å². The van der Waals surface area contributed by atoms with Crippen LogP contribution in [0.25, 0.3) is 0 Å². The smallest absolute Gasteiger partial charge is 0.199 e. The summed E-state index contributed by atoms with van der Waals surface area (Å²) < 4.78 is 5.57. The molecule has 0 unspecified atom stereocenters. The fourth-order valence-corrected chi connectivity index (χ4v) is 2.13. The Morgan fingerprint density at radius 3 is 2.56 bits per heavy atom. The van der Waals surface area contributed by atoms with E-state index >= 15 is 0 Å². The molecule has 84 valence electrons. The molecule has 4 heteroatoms. The van der Waals surface area contributed by atoms with Crippen LogP contribution in [0.4, 0.5) is 0 Å². The summed E-state index contributed by atoms with van der Waals surface area (Å²) in [5.74, 6) is 1.64. The predicted molar refractivity (Wildman–Crippen MR) is 67.3 cm³/mol. The minimum absolute atomic E-state index is 0.707. The van der Waals surface area contributed by atoms with Gasteiger partial charge >= 0.3 is 0 Å². The molecule has 0 aliphatic carbocycles. The SMILES string of the molecule is CSc1nc(Cc2ccc(Cl)cc2)oc1C. The van der Waals surface area contributed by atoms with Crippen molar-refractivity contribution in [2.24, 2.45) is 0 Å². The molecule has 1 heterocycles. The molecule has 0 aliphatic heterocycles. The zero-order chi connectivity index (χ0) is 11.5. The maximum absolute atomic E-state index is 5.82. The number of oxazole rings is 1.